The first-order valence-electron chi connectivity index (χ1n) is 7.81. The fourth-order valence-corrected chi connectivity index (χ4v) is 2.68. The van der Waals surface area contributed by atoms with Crippen LogP contribution in [0.15, 0.2) is 23.0 Å². The summed E-state index contributed by atoms with van der Waals surface area (Å²) in [5, 5.41) is 6.88. The first-order valence-corrected chi connectivity index (χ1v) is 7.81. The van der Waals surface area contributed by atoms with Crippen molar-refractivity contribution in [3.8, 4) is 0 Å². The number of hydrogen-bond acceptors (Lipinski definition) is 7. The van der Waals surface area contributed by atoms with Gasteiger partial charge in [-0.05, 0) is 25.8 Å². The number of amides is 1. The Morgan fingerprint density at radius 1 is 1.35 bits per heavy atom. The highest BCUT2D eigenvalue weighted by molar-refractivity contribution is 5.76. The van der Waals surface area contributed by atoms with Crippen molar-refractivity contribution < 1.29 is 9.32 Å². The molecule has 1 fully saturated rings. The van der Waals surface area contributed by atoms with Crippen molar-refractivity contribution in [3.05, 3.63) is 30.2 Å². The van der Waals surface area contributed by atoms with Gasteiger partial charge in [-0.25, -0.2) is 9.97 Å². The number of aromatic nitrogens is 4. The molecule has 0 unspecified atom stereocenters. The second-order valence-corrected chi connectivity index (χ2v) is 5.58. The maximum absolute atomic E-state index is 12.2. The van der Waals surface area contributed by atoms with E-state index in [9.17, 15) is 4.79 Å². The maximum Gasteiger partial charge on any atom is 0.229 e. The summed E-state index contributed by atoms with van der Waals surface area (Å²) in [5.74, 6) is 2.31. The standard InChI is InChI=1S/C15H20N6O2/c1-11-19-14(23-20-11)12-4-9-21(10-5-12)13(22)3-8-18-15-16-6-2-7-17-15/h2,6-7,12H,3-5,8-10H2,1H3,(H,16,17,18). The van der Waals surface area contributed by atoms with Gasteiger partial charge in [-0.2, -0.15) is 4.98 Å². The minimum absolute atomic E-state index is 0.147. The molecule has 3 heterocycles. The quantitative estimate of drug-likeness (QED) is 0.889. The van der Waals surface area contributed by atoms with Crippen LogP contribution in [-0.4, -0.2) is 50.5 Å². The highest BCUT2D eigenvalue weighted by atomic mass is 16.5. The summed E-state index contributed by atoms with van der Waals surface area (Å²) in [5.41, 5.74) is 0. The lowest BCUT2D eigenvalue weighted by atomic mass is 9.96. The number of aryl methyl sites for hydroxylation is 1. The molecule has 2 aromatic rings. The molecule has 8 heteroatoms. The van der Waals surface area contributed by atoms with Crippen molar-refractivity contribution in [2.45, 2.75) is 32.1 Å². The molecule has 1 aliphatic heterocycles. The molecule has 1 saturated heterocycles. The number of rotatable bonds is 5. The van der Waals surface area contributed by atoms with E-state index in [0.717, 1.165) is 25.9 Å². The molecule has 0 aromatic carbocycles. The van der Waals surface area contributed by atoms with E-state index in [-0.39, 0.29) is 11.8 Å². The Morgan fingerprint density at radius 3 is 2.74 bits per heavy atom. The molecule has 0 atom stereocenters. The van der Waals surface area contributed by atoms with Gasteiger partial charge in [-0.1, -0.05) is 5.16 Å². The Labute approximate surface area is 134 Å². The Bertz CT molecular complexity index is 636. The molecule has 23 heavy (non-hydrogen) atoms. The Morgan fingerprint density at radius 2 is 2.09 bits per heavy atom. The van der Waals surface area contributed by atoms with E-state index in [1.165, 1.54) is 0 Å². The van der Waals surface area contributed by atoms with Crippen molar-refractivity contribution in [2.24, 2.45) is 0 Å². The zero-order chi connectivity index (χ0) is 16.1. The summed E-state index contributed by atoms with van der Waals surface area (Å²) in [4.78, 5) is 26.5. The molecule has 122 valence electrons. The summed E-state index contributed by atoms with van der Waals surface area (Å²) in [7, 11) is 0. The van der Waals surface area contributed by atoms with Crippen LogP contribution in [0.1, 0.15) is 36.9 Å². The minimum atomic E-state index is 0.147. The number of piperidine rings is 1. The van der Waals surface area contributed by atoms with Gasteiger partial charge in [0.15, 0.2) is 5.82 Å². The smallest absolute Gasteiger partial charge is 0.229 e. The van der Waals surface area contributed by atoms with Crippen LogP contribution in [0.4, 0.5) is 5.95 Å². The fourth-order valence-electron chi connectivity index (χ4n) is 2.68. The molecular weight excluding hydrogens is 296 g/mol. The first-order chi connectivity index (χ1) is 11.2. The van der Waals surface area contributed by atoms with Crippen LogP contribution < -0.4 is 5.32 Å². The molecule has 0 aliphatic carbocycles. The highest BCUT2D eigenvalue weighted by Gasteiger charge is 2.26. The average Bonchev–Trinajstić information content (AvgIpc) is 3.02. The lowest BCUT2D eigenvalue weighted by Crippen LogP contribution is -2.38. The minimum Gasteiger partial charge on any atom is -0.354 e. The highest BCUT2D eigenvalue weighted by Crippen LogP contribution is 2.26. The van der Waals surface area contributed by atoms with Gasteiger partial charge in [0.2, 0.25) is 17.7 Å². The Kier molecular flexibility index (Phi) is 4.80. The summed E-state index contributed by atoms with van der Waals surface area (Å²) >= 11 is 0. The largest absolute Gasteiger partial charge is 0.354 e. The van der Waals surface area contributed by atoms with Gasteiger partial charge in [0.1, 0.15) is 0 Å². The van der Waals surface area contributed by atoms with Gasteiger partial charge >= 0.3 is 0 Å². The van der Waals surface area contributed by atoms with Crippen molar-refractivity contribution in [3.63, 3.8) is 0 Å². The van der Waals surface area contributed by atoms with E-state index in [4.69, 9.17) is 4.52 Å². The lowest BCUT2D eigenvalue weighted by Gasteiger charge is -2.30. The van der Waals surface area contributed by atoms with Crippen molar-refractivity contribution in [1.29, 1.82) is 0 Å². The second-order valence-electron chi connectivity index (χ2n) is 5.58. The Balaban J connectivity index is 1.41. The molecule has 0 radical (unpaired) electrons. The molecule has 8 nitrogen and oxygen atoms in total. The normalized spacial score (nSPS) is 15.6. The zero-order valence-electron chi connectivity index (χ0n) is 13.1. The molecule has 1 aliphatic rings. The topological polar surface area (TPSA) is 97.0 Å². The average molecular weight is 316 g/mol. The van der Waals surface area contributed by atoms with Crippen molar-refractivity contribution >= 4 is 11.9 Å². The number of hydrogen-bond donors (Lipinski definition) is 1. The summed E-state index contributed by atoms with van der Waals surface area (Å²) in [6.45, 7) is 3.81. The maximum atomic E-state index is 12.2. The summed E-state index contributed by atoms with van der Waals surface area (Å²) in [6.07, 6.45) is 5.50. The molecule has 0 spiro atoms. The van der Waals surface area contributed by atoms with E-state index < -0.39 is 0 Å². The van der Waals surface area contributed by atoms with Crippen LogP contribution in [0.25, 0.3) is 0 Å². The van der Waals surface area contributed by atoms with Gasteiger partial charge < -0.3 is 14.7 Å². The fraction of sp³-hybridized carbons (Fsp3) is 0.533. The third-order valence-corrected chi connectivity index (χ3v) is 3.93. The summed E-state index contributed by atoms with van der Waals surface area (Å²) in [6, 6.07) is 1.76. The van der Waals surface area contributed by atoms with E-state index in [0.29, 0.717) is 30.6 Å². The number of nitrogens with zero attached hydrogens (tertiary/aromatic N) is 5. The van der Waals surface area contributed by atoms with Gasteiger partial charge in [0.05, 0.1) is 0 Å². The van der Waals surface area contributed by atoms with Crippen molar-refractivity contribution in [1.82, 2.24) is 25.0 Å². The van der Waals surface area contributed by atoms with Crippen LogP contribution in [-0.2, 0) is 4.79 Å². The Hall–Kier alpha value is -2.51. The number of likely N-dealkylation sites (tertiary alicyclic amines) is 1. The zero-order valence-corrected chi connectivity index (χ0v) is 13.1. The van der Waals surface area contributed by atoms with Crippen LogP contribution in [0.3, 0.4) is 0 Å². The lowest BCUT2D eigenvalue weighted by molar-refractivity contribution is -0.132. The predicted octanol–water partition coefficient (Wildman–Crippen LogP) is 1.38. The van der Waals surface area contributed by atoms with Crippen LogP contribution >= 0.6 is 0 Å². The third kappa shape index (κ3) is 4.02. The number of nitrogens with one attached hydrogen (secondary N) is 1. The SMILES string of the molecule is Cc1noc(C2CCN(C(=O)CCNc3ncccn3)CC2)n1. The second kappa shape index (κ2) is 7.17. The molecule has 0 saturated carbocycles. The molecule has 0 bridgehead atoms. The third-order valence-electron chi connectivity index (χ3n) is 3.93. The van der Waals surface area contributed by atoms with Crippen LogP contribution in [0.2, 0.25) is 0 Å². The molecular formula is C15H20N6O2. The van der Waals surface area contributed by atoms with Gasteiger partial charge in [-0.3, -0.25) is 4.79 Å². The van der Waals surface area contributed by atoms with E-state index in [1.54, 1.807) is 18.5 Å². The molecule has 1 N–H and O–H groups in total. The van der Waals surface area contributed by atoms with Crippen molar-refractivity contribution in [2.75, 3.05) is 25.0 Å². The van der Waals surface area contributed by atoms with Gasteiger partial charge in [0.25, 0.3) is 0 Å². The van der Waals surface area contributed by atoms with E-state index in [1.807, 2.05) is 11.8 Å². The number of anilines is 1. The van der Waals surface area contributed by atoms with E-state index in [2.05, 4.69) is 25.4 Å². The first kappa shape index (κ1) is 15.4. The van der Waals surface area contributed by atoms with E-state index >= 15 is 0 Å². The molecule has 3 rings (SSSR count). The van der Waals surface area contributed by atoms with Gasteiger partial charge in [-0.15, -0.1) is 0 Å². The number of carbonyl (C=O) groups excluding carboxylic acids is 1. The van der Waals surface area contributed by atoms with Gasteiger partial charge in [0, 0.05) is 44.4 Å². The molecule has 1 amide bonds. The molecule has 2 aromatic heterocycles. The summed E-state index contributed by atoms with van der Waals surface area (Å²) < 4.78 is 5.22. The predicted molar refractivity (Wildman–Crippen MR) is 82.7 cm³/mol. The van der Waals surface area contributed by atoms with Crippen LogP contribution in [0, 0.1) is 6.92 Å². The number of carbonyl (C=O) groups is 1. The van der Waals surface area contributed by atoms with Crippen LogP contribution in [0.5, 0.6) is 0 Å². The monoisotopic (exact) mass is 316 g/mol.